The van der Waals surface area contributed by atoms with E-state index in [1.807, 2.05) is 0 Å². The SMILES string of the molecule is O=NCc1cnc(N2CC2)c([N+](=O)[O-])c1. The lowest BCUT2D eigenvalue weighted by Crippen LogP contribution is -2.02. The Morgan fingerprint density at radius 3 is 2.87 bits per heavy atom. The maximum Gasteiger partial charge on any atom is 0.311 e. The molecule has 1 aliphatic heterocycles. The molecule has 1 saturated heterocycles. The smallest absolute Gasteiger partial charge is 0.311 e. The van der Waals surface area contributed by atoms with Gasteiger partial charge in [-0.2, -0.15) is 4.91 Å². The average molecular weight is 208 g/mol. The van der Waals surface area contributed by atoms with Gasteiger partial charge < -0.3 is 4.90 Å². The van der Waals surface area contributed by atoms with Gasteiger partial charge in [0.15, 0.2) is 0 Å². The number of rotatable bonds is 4. The first-order valence-corrected chi connectivity index (χ1v) is 4.40. The maximum absolute atomic E-state index is 10.7. The zero-order valence-electron chi connectivity index (χ0n) is 7.79. The van der Waals surface area contributed by atoms with E-state index in [0.29, 0.717) is 11.4 Å². The molecule has 1 aromatic rings. The molecule has 7 nitrogen and oxygen atoms in total. The summed E-state index contributed by atoms with van der Waals surface area (Å²) in [6.07, 6.45) is 1.45. The number of nitroso groups, excluding NO2 is 1. The molecule has 7 heteroatoms. The number of hydrogen-bond acceptors (Lipinski definition) is 6. The average Bonchev–Trinajstić information content (AvgIpc) is 3.01. The predicted octanol–water partition coefficient (Wildman–Crippen LogP) is 1.08. The molecule has 1 fully saturated rings. The monoisotopic (exact) mass is 208 g/mol. The summed E-state index contributed by atoms with van der Waals surface area (Å²) < 4.78 is 0. The zero-order chi connectivity index (χ0) is 10.8. The van der Waals surface area contributed by atoms with Crippen LogP contribution < -0.4 is 4.90 Å². The maximum atomic E-state index is 10.7. The summed E-state index contributed by atoms with van der Waals surface area (Å²) in [6, 6.07) is 1.35. The van der Waals surface area contributed by atoms with E-state index < -0.39 is 4.92 Å². The largest absolute Gasteiger partial charge is 0.347 e. The van der Waals surface area contributed by atoms with Gasteiger partial charge in [-0.15, -0.1) is 0 Å². The lowest BCUT2D eigenvalue weighted by atomic mass is 10.2. The third-order valence-electron chi connectivity index (χ3n) is 2.09. The van der Waals surface area contributed by atoms with Crippen LogP contribution in [0.1, 0.15) is 5.56 Å². The van der Waals surface area contributed by atoms with Crippen LogP contribution in [-0.2, 0) is 6.54 Å². The molecule has 2 heterocycles. The molecule has 0 unspecified atom stereocenters. The van der Waals surface area contributed by atoms with Gasteiger partial charge in [-0.1, -0.05) is 5.18 Å². The Bertz CT molecular complexity index is 416. The van der Waals surface area contributed by atoms with E-state index in [9.17, 15) is 15.0 Å². The summed E-state index contributed by atoms with van der Waals surface area (Å²) in [5, 5.41) is 13.4. The van der Waals surface area contributed by atoms with E-state index >= 15 is 0 Å². The summed E-state index contributed by atoms with van der Waals surface area (Å²) >= 11 is 0. The minimum absolute atomic E-state index is 0.0614. The van der Waals surface area contributed by atoms with E-state index in [1.165, 1.54) is 12.3 Å². The van der Waals surface area contributed by atoms with Crippen LogP contribution in [0.15, 0.2) is 17.4 Å². The van der Waals surface area contributed by atoms with Crippen molar-refractivity contribution in [3.05, 3.63) is 32.8 Å². The van der Waals surface area contributed by atoms with E-state index in [2.05, 4.69) is 10.2 Å². The molecule has 0 amide bonds. The Labute approximate surface area is 84.8 Å². The molecule has 2 rings (SSSR count). The molecule has 0 aromatic carbocycles. The van der Waals surface area contributed by atoms with Gasteiger partial charge in [-0.3, -0.25) is 10.1 Å². The minimum Gasteiger partial charge on any atom is -0.347 e. The van der Waals surface area contributed by atoms with E-state index in [-0.39, 0.29) is 12.2 Å². The molecule has 0 bridgehead atoms. The summed E-state index contributed by atoms with van der Waals surface area (Å²) in [5.41, 5.74) is 0.399. The highest BCUT2D eigenvalue weighted by atomic mass is 16.6. The van der Waals surface area contributed by atoms with Crippen molar-refractivity contribution in [1.29, 1.82) is 0 Å². The van der Waals surface area contributed by atoms with Crippen molar-refractivity contribution in [1.82, 2.24) is 4.98 Å². The number of aromatic nitrogens is 1. The molecule has 78 valence electrons. The van der Waals surface area contributed by atoms with Crippen LogP contribution in [-0.4, -0.2) is 23.0 Å². The van der Waals surface area contributed by atoms with Crippen LogP contribution in [0.3, 0.4) is 0 Å². The van der Waals surface area contributed by atoms with Gasteiger partial charge in [0.05, 0.1) is 4.92 Å². The predicted molar refractivity (Wildman–Crippen MR) is 52.6 cm³/mol. The standard InChI is InChI=1S/C8H8N4O3/c13-10-5-6-3-7(12(14)15)8(9-4-6)11-1-2-11/h3-4H,1-2,5H2. The van der Waals surface area contributed by atoms with Crippen molar-refractivity contribution < 1.29 is 4.92 Å². The number of hydrogen-bond donors (Lipinski definition) is 0. The van der Waals surface area contributed by atoms with Crippen molar-refractivity contribution in [2.24, 2.45) is 5.18 Å². The molecule has 0 N–H and O–H groups in total. The van der Waals surface area contributed by atoms with Crippen LogP contribution in [0, 0.1) is 15.0 Å². The molecule has 0 saturated carbocycles. The molecule has 0 spiro atoms. The molecular weight excluding hydrogens is 200 g/mol. The van der Waals surface area contributed by atoms with Gasteiger partial charge >= 0.3 is 5.69 Å². The van der Waals surface area contributed by atoms with Gasteiger partial charge in [0, 0.05) is 30.9 Å². The lowest BCUT2D eigenvalue weighted by molar-refractivity contribution is -0.384. The molecule has 1 aliphatic rings. The van der Waals surface area contributed by atoms with Crippen molar-refractivity contribution in [2.45, 2.75) is 6.54 Å². The van der Waals surface area contributed by atoms with E-state index in [4.69, 9.17) is 0 Å². The highest BCUT2D eigenvalue weighted by Crippen LogP contribution is 2.30. The summed E-state index contributed by atoms with van der Waals surface area (Å²) in [4.78, 5) is 26.0. The highest BCUT2D eigenvalue weighted by Gasteiger charge is 2.28. The Morgan fingerprint density at radius 2 is 2.33 bits per heavy atom. The Kier molecular flexibility index (Phi) is 2.28. The fraction of sp³-hybridized carbons (Fsp3) is 0.375. The first-order valence-electron chi connectivity index (χ1n) is 4.40. The van der Waals surface area contributed by atoms with Gasteiger partial charge in [0.25, 0.3) is 0 Å². The number of anilines is 1. The van der Waals surface area contributed by atoms with Gasteiger partial charge in [0.1, 0.15) is 6.54 Å². The van der Waals surface area contributed by atoms with Gasteiger partial charge in [-0.05, 0) is 0 Å². The molecule has 0 radical (unpaired) electrons. The Morgan fingerprint density at radius 1 is 1.60 bits per heavy atom. The van der Waals surface area contributed by atoms with Gasteiger partial charge in [-0.25, -0.2) is 4.98 Å². The quantitative estimate of drug-likeness (QED) is 0.319. The fourth-order valence-electron chi connectivity index (χ4n) is 1.29. The fourth-order valence-corrected chi connectivity index (χ4v) is 1.29. The minimum atomic E-state index is -0.491. The topological polar surface area (TPSA) is 88.5 Å². The molecule has 1 aromatic heterocycles. The first-order chi connectivity index (χ1) is 7.22. The lowest BCUT2D eigenvalue weighted by Gasteiger charge is -2.03. The summed E-state index contributed by atoms with van der Waals surface area (Å²) in [5.74, 6) is 0.370. The van der Waals surface area contributed by atoms with Crippen molar-refractivity contribution in [3.63, 3.8) is 0 Å². The zero-order valence-corrected chi connectivity index (χ0v) is 7.79. The van der Waals surface area contributed by atoms with E-state index in [0.717, 1.165) is 13.1 Å². The number of nitrogens with zero attached hydrogens (tertiary/aromatic N) is 4. The number of nitro groups is 1. The molecular formula is C8H8N4O3. The second kappa shape index (κ2) is 3.60. The molecule has 15 heavy (non-hydrogen) atoms. The Hall–Kier alpha value is -2.05. The molecule has 0 atom stereocenters. The highest BCUT2D eigenvalue weighted by molar-refractivity contribution is 5.61. The number of pyridine rings is 1. The van der Waals surface area contributed by atoms with Gasteiger partial charge in [0.2, 0.25) is 5.82 Å². The van der Waals surface area contributed by atoms with Crippen LogP contribution in [0.5, 0.6) is 0 Å². The van der Waals surface area contributed by atoms with Crippen LogP contribution in [0.4, 0.5) is 11.5 Å². The normalized spacial score (nSPS) is 13.7. The second-order valence-corrected chi connectivity index (χ2v) is 3.22. The molecule has 0 aliphatic carbocycles. The third-order valence-corrected chi connectivity index (χ3v) is 2.09. The third kappa shape index (κ3) is 1.90. The van der Waals surface area contributed by atoms with Crippen LogP contribution >= 0.6 is 0 Å². The van der Waals surface area contributed by atoms with Crippen molar-refractivity contribution in [2.75, 3.05) is 18.0 Å². The Balaban J connectivity index is 2.38. The van der Waals surface area contributed by atoms with Crippen LogP contribution in [0.25, 0.3) is 0 Å². The van der Waals surface area contributed by atoms with Crippen molar-refractivity contribution >= 4 is 11.5 Å². The van der Waals surface area contributed by atoms with Crippen molar-refractivity contribution in [3.8, 4) is 0 Å². The first kappa shape index (κ1) is 9.50. The summed E-state index contributed by atoms with van der Waals surface area (Å²) in [6.45, 7) is 1.49. The summed E-state index contributed by atoms with van der Waals surface area (Å²) in [7, 11) is 0. The van der Waals surface area contributed by atoms with E-state index in [1.54, 1.807) is 4.90 Å². The second-order valence-electron chi connectivity index (χ2n) is 3.22. The van der Waals surface area contributed by atoms with Crippen LogP contribution in [0.2, 0.25) is 0 Å².